The van der Waals surface area contributed by atoms with E-state index in [1.807, 2.05) is 0 Å². The molecule has 0 aliphatic heterocycles. The Bertz CT molecular complexity index is 203. The summed E-state index contributed by atoms with van der Waals surface area (Å²) >= 11 is 0. The molecule has 1 amide bonds. The standard InChI is InChI=1S/C10H18N2O2.2CH3.Pt/c1-7-6-8(2-4-9(7)11)3-5-10(13)12-14;;;/h7-9,11,14H,1-6H2,(H,12,13);2*1H3;/q-2;2*-1;+4. The summed E-state index contributed by atoms with van der Waals surface area (Å²) in [6.07, 6.45) is 4.01. The van der Waals surface area contributed by atoms with Gasteiger partial charge in [0.25, 0.3) is 0 Å². The van der Waals surface area contributed by atoms with E-state index < -0.39 is 0 Å². The first-order valence-electron chi connectivity index (χ1n) is 5.10. The molecule has 17 heavy (non-hydrogen) atoms. The summed E-state index contributed by atoms with van der Waals surface area (Å²) in [5, 5.41) is 8.32. The molecule has 0 radical (unpaired) electrons. The summed E-state index contributed by atoms with van der Waals surface area (Å²) in [6.45, 7) is 3.94. The number of carbonyl (C=O) groups excluding carboxylic acids is 1. The topological polar surface area (TPSA) is 73.1 Å². The van der Waals surface area contributed by atoms with Crippen LogP contribution in [0.4, 0.5) is 0 Å². The van der Waals surface area contributed by atoms with Crippen molar-refractivity contribution in [2.24, 2.45) is 11.8 Å². The van der Waals surface area contributed by atoms with Gasteiger partial charge in [0.15, 0.2) is 0 Å². The molecule has 5 heteroatoms. The number of rotatable bonds is 3. The van der Waals surface area contributed by atoms with Crippen molar-refractivity contribution in [3.05, 3.63) is 27.5 Å². The Balaban J connectivity index is -0.000000653. The van der Waals surface area contributed by atoms with Crippen molar-refractivity contribution in [2.75, 3.05) is 0 Å². The minimum absolute atomic E-state index is 0. The molecule has 0 aromatic heterocycles. The second-order valence-corrected chi connectivity index (χ2v) is 4.12. The van der Waals surface area contributed by atoms with Gasteiger partial charge >= 0.3 is 21.1 Å². The van der Waals surface area contributed by atoms with E-state index in [9.17, 15) is 4.79 Å². The number of hydrogen-bond donors (Lipinski definition) is 2. The second kappa shape index (κ2) is 11.2. The maximum Gasteiger partial charge on any atom is 4.00 e. The molecule has 3 N–H and O–H groups in total. The van der Waals surface area contributed by atoms with E-state index in [1.165, 1.54) is 0 Å². The van der Waals surface area contributed by atoms with Crippen LogP contribution >= 0.6 is 0 Å². The van der Waals surface area contributed by atoms with Crippen LogP contribution in [0.3, 0.4) is 0 Å². The van der Waals surface area contributed by atoms with Crippen molar-refractivity contribution < 1.29 is 31.1 Å². The average Bonchev–Trinajstić information content (AvgIpc) is 2.19. The molecule has 1 fully saturated rings. The minimum Gasteiger partial charge on any atom is -0.677 e. The van der Waals surface area contributed by atoms with Crippen LogP contribution in [0.1, 0.15) is 32.1 Å². The van der Waals surface area contributed by atoms with Crippen molar-refractivity contribution in [3.63, 3.8) is 0 Å². The number of amides is 1. The van der Waals surface area contributed by atoms with Gasteiger partial charge in [-0.2, -0.15) is 12.0 Å². The summed E-state index contributed by atoms with van der Waals surface area (Å²) in [5.74, 6) is 0.376. The van der Waals surface area contributed by atoms with E-state index in [0.29, 0.717) is 12.3 Å². The number of carbonyl (C=O) groups is 1. The van der Waals surface area contributed by atoms with Crippen LogP contribution in [0.25, 0.3) is 5.73 Å². The van der Waals surface area contributed by atoms with Crippen molar-refractivity contribution in [1.29, 1.82) is 0 Å². The molecule has 0 aromatic rings. The zero-order valence-electron chi connectivity index (χ0n) is 10.6. The first kappa shape index (κ1) is 22.3. The van der Waals surface area contributed by atoms with Crippen LogP contribution in [-0.4, -0.2) is 17.2 Å². The van der Waals surface area contributed by atoms with Gasteiger partial charge in [-0.15, -0.1) is 0 Å². The molecular formula is C12H24N2O2Pt. The monoisotopic (exact) mass is 423 g/mol. The molecule has 3 atom stereocenters. The van der Waals surface area contributed by atoms with E-state index in [-0.39, 0.29) is 53.8 Å². The number of hydrogen-bond acceptors (Lipinski definition) is 2. The Hall–Kier alpha value is 0.0783. The van der Waals surface area contributed by atoms with Crippen molar-refractivity contribution in [3.8, 4) is 0 Å². The van der Waals surface area contributed by atoms with Gasteiger partial charge in [-0.25, -0.2) is 5.48 Å². The fourth-order valence-electron chi connectivity index (χ4n) is 2.01. The Morgan fingerprint density at radius 1 is 1.41 bits per heavy atom. The second-order valence-electron chi connectivity index (χ2n) is 4.12. The molecule has 3 unspecified atom stereocenters. The molecule has 1 saturated carbocycles. The molecule has 0 aromatic carbocycles. The predicted octanol–water partition coefficient (Wildman–Crippen LogP) is 2.84. The molecule has 104 valence electrons. The zero-order valence-corrected chi connectivity index (χ0v) is 12.9. The fraction of sp³-hybridized carbons (Fsp3) is 0.667. The minimum atomic E-state index is -0.321. The van der Waals surface area contributed by atoms with E-state index in [4.69, 9.17) is 10.9 Å². The molecule has 0 spiro atoms. The summed E-state index contributed by atoms with van der Waals surface area (Å²) in [5.41, 5.74) is 9.27. The maximum atomic E-state index is 10.8. The first-order chi connectivity index (χ1) is 6.63. The van der Waals surface area contributed by atoms with E-state index in [2.05, 4.69) is 6.92 Å². The third-order valence-corrected chi connectivity index (χ3v) is 3.00. The van der Waals surface area contributed by atoms with Crippen LogP contribution in [0, 0.1) is 33.6 Å². The summed E-state index contributed by atoms with van der Waals surface area (Å²) < 4.78 is 0. The Labute approximate surface area is 120 Å². The van der Waals surface area contributed by atoms with E-state index in [0.717, 1.165) is 25.7 Å². The van der Waals surface area contributed by atoms with Crippen LogP contribution in [0.2, 0.25) is 0 Å². The smallest absolute Gasteiger partial charge is 0.677 e. The molecule has 4 nitrogen and oxygen atoms in total. The van der Waals surface area contributed by atoms with Crippen LogP contribution in [0.15, 0.2) is 0 Å². The summed E-state index contributed by atoms with van der Waals surface area (Å²) in [4.78, 5) is 10.8. The van der Waals surface area contributed by atoms with Crippen LogP contribution in [0.5, 0.6) is 0 Å². The molecule has 1 aliphatic carbocycles. The molecular weight excluding hydrogens is 399 g/mol. The van der Waals surface area contributed by atoms with Crippen molar-refractivity contribution >= 4 is 5.91 Å². The largest absolute Gasteiger partial charge is 4.00 e. The van der Waals surface area contributed by atoms with Crippen molar-refractivity contribution in [1.82, 2.24) is 5.48 Å². The third kappa shape index (κ3) is 7.90. The first-order valence-corrected chi connectivity index (χ1v) is 5.10. The third-order valence-electron chi connectivity index (χ3n) is 3.00. The zero-order chi connectivity index (χ0) is 10.6. The van der Waals surface area contributed by atoms with Crippen LogP contribution in [-0.2, 0) is 25.9 Å². The van der Waals surface area contributed by atoms with Crippen molar-refractivity contribution in [2.45, 2.75) is 38.1 Å². The number of hydroxylamine groups is 1. The SMILES string of the molecule is [CH2-]C1CC(CCC(=O)NO)CCC1[NH-].[CH3-].[CH3-].[Pt+4]. The van der Waals surface area contributed by atoms with E-state index in [1.54, 1.807) is 5.48 Å². The summed E-state index contributed by atoms with van der Waals surface area (Å²) in [6, 6.07) is -0.0297. The molecule has 0 heterocycles. The predicted molar refractivity (Wildman–Crippen MR) is 66.3 cm³/mol. The van der Waals surface area contributed by atoms with Gasteiger partial charge in [-0.3, -0.25) is 10.0 Å². The van der Waals surface area contributed by atoms with Gasteiger partial charge in [0.05, 0.1) is 0 Å². The quantitative estimate of drug-likeness (QED) is 0.416. The van der Waals surface area contributed by atoms with Crippen LogP contribution < -0.4 is 5.48 Å². The van der Waals surface area contributed by atoms with Gasteiger partial charge in [-0.1, -0.05) is 19.3 Å². The Morgan fingerprint density at radius 2 is 2.00 bits per heavy atom. The van der Waals surface area contributed by atoms with Gasteiger partial charge in [0.2, 0.25) is 5.91 Å². The average molecular weight is 423 g/mol. The van der Waals surface area contributed by atoms with Gasteiger partial charge < -0.3 is 27.5 Å². The van der Waals surface area contributed by atoms with Gasteiger partial charge in [0, 0.05) is 6.42 Å². The Morgan fingerprint density at radius 3 is 2.47 bits per heavy atom. The maximum absolute atomic E-state index is 10.8. The van der Waals surface area contributed by atoms with Gasteiger partial charge in [-0.05, 0) is 12.3 Å². The van der Waals surface area contributed by atoms with Gasteiger partial charge in [0.1, 0.15) is 0 Å². The fourth-order valence-corrected chi connectivity index (χ4v) is 2.01. The summed E-state index contributed by atoms with van der Waals surface area (Å²) in [7, 11) is 0. The number of nitrogens with one attached hydrogen (secondary N) is 2. The normalized spacial score (nSPS) is 26.9. The molecule has 0 saturated heterocycles. The molecule has 1 aliphatic rings. The molecule has 0 bridgehead atoms. The Kier molecular flexibility index (Phi) is 14.7. The molecule has 1 rings (SSSR count). The van der Waals surface area contributed by atoms with E-state index >= 15 is 0 Å².